The largest absolute Gasteiger partial charge is 0.306 e. The summed E-state index contributed by atoms with van der Waals surface area (Å²) in [4.78, 5) is 13.0. The van der Waals surface area contributed by atoms with E-state index in [2.05, 4.69) is 4.98 Å². The summed E-state index contributed by atoms with van der Waals surface area (Å²) in [5, 5.41) is 19.1. The fourth-order valence-electron chi connectivity index (χ4n) is 1.07. The van der Waals surface area contributed by atoms with Crippen LogP contribution in [-0.2, 0) is 5.88 Å². The molecule has 5 nitrogen and oxygen atoms in total. The zero-order chi connectivity index (χ0) is 12.3. The molecule has 0 aliphatic carbocycles. The molecule has 0 saturated heterocycles. The third-order valence-electron chi connectivity index (χ3n) is 1.78. The molecule has 0 N–H and O–H groups in total. The van der Waals surface area contributed by atoms with Gasteiger partial charge in [0, 0.05) is 11.6 Å². The summed E-state index contributed by atoms with van der Waals surface area (Å²) in [5.41, 5.74) is -2.11. The molecule has 1 aromatic heterocycles. The molecule has 1 heterocycles. The van der Waals surface area contributed by atoms with Crippen LogP contribution in [0.2, 0.25) is 0 Å². The molecule has 0 radical (unpaired) electrons. The number of alkyl halides is 3. The highest BCUT2D eigenvalue weighted by molar-refractivity contribution is 6.17. The Balaban J connectivity index is 3.48. The van der Waals surface area contributed by atoms with Crippen molar-refractivity contribution in [3.63, 3.8) is 0 Å². The molecule has 0 bridgehead atoms. The molecule has 0 atom stereocenters. The van der Waals surface area contributed by atoms with E-state index in [1.807, 2.05) is 0 Å². The third kappa shape index (κ3) is 2.23. The Morgan fingerprint density at radius 3 is 2.69 bits per heavy atom. The molecule has 0 aliphatic rings. The molecule has 0 amide bonds. The average Bonchev–Trinajstić information content (AvgIpc) is 2.26. The molecule has 0 spiro atoms. The Bertz CT molecular complexity index is 473. The van der Waals surface area contributed by atoms with Gasteiger partial charge >= 0.3 is 5.69 Å². The smallest absolute Gasteiger partial charge is 0.258 e. The number of nitro groups is 1. The first-order chi connectivity index (χ1) is 7.51. The normalized spacial score (nSPS) is 10.2. The molecule has 1 rings (SSSR count). The van der Waals surface area contributed by atoms with Gasteiger partial charge in [0.05, 0.1) is 16.5 Å². The second-order valence-electron chi connectivity index (χ2n) is 2.70. The van der Waals surface area contributed by atoms with Crippen LogP contribution in [0.3, 0.4) is 0 Å². The van der Waals surface area contributed by atoms with Crippen LogP contribution in [0.15, 0.2) is 6.07 Å². The molecule has 84 valence electrons. The zero-order valence-electron chi connectivity index (χ0n) is 7.65. The molecule has 0 unspecified atom stereocenters. The van der Waals surface area contributed by atoms with Crippen LogP contribution in [0, 0.1) is 21.4 Å². The Morgan fingerprint density at radius 2 is 2.31 bits per heavy atom. The molecular formula is C8H4ClF2N3O2. The summed E-state index contributed by atoms with van der Waals surface area (Å²) in [7, 11) is 0. The highest BCUT2D eigenvalue weighted by Gasteiger charge is 2.23. The number of rotatable bonds is 3. The fraction of sp³-hybridized carbons (Fsp3) is 0.250. The minimum absolute atomic E-state index is 0.223. The maximum absolute atomic E-state index is 12.5. The molecule has 8 heteroatoms. The maximum Gasteiger partial charge on any atom is 0.306 e. The van der Waals surface area contributed by atoms with Crippen LogP contribution in [0.4, 0.5) is 14.5 Å². The zero-order valence-corrected chi connectivity index (χ0v) is 8.41. The summed E-state index contributed by atoms with van der Waals surface area (Å²) < 4.78 is 25.0. The van der Waals surface area contributed by atoms with Gasteiger partial charge in [-0.15, -0.1) is 11.6 Å². The number of pyridine rings is 1. The molecule has 0 fully saturated rings. The van der Waals surface area contributed by atoms with Crippen LogP contribution in [0.25, 0.3) is 0 Å². The maximum atomic E-state index is 12.5. The van der Waals surface area contributed by atoms with Gasteiger partial charge in [-0.25, -0.2) is 13.8 Å². The van der Waals surface area contributed by atoms with Crippen molar-refractivity contribution in [2.45, 2.75) is 12.3 Å². The van der Waals surface area contributed by atoms with Crippen molar-refractivity contribution in [3.05, 3.63) is 33.1 Å². The lowest BCUT2D eigenvalue weighted by Gasteiger charge is -2.05. The van der Waals surface area contributed by atoms with E-state index < -0.39 is 28.3 Å². The predicted octanol–water partition coefficient (Wildman–Crippen LogP) is 2.54. The first-order valence-corrected chi connectivity index (χ1v) is 4.47. The summed E-state index contributed by atoms with van der Waals surface area (Å²) >= 11 is 5.36. The average molecular weight is 248 g/mol. The summed E-state index contributed by atoms with van der Waals surface area (Å²) in [6.45, 7) is 0. The Kier molecular flexibility index (Phi) is 3.68. The molecule has 0 aromatic carbocycles. The molecule has 16 heavy (non-hydrogen) atoms. The molecule has 0 aliphatic heterocycles. The van der Waals surface area contributed by atoms with Gasteiger partial charge in [-0.2, -0.15) is 5.26 Å². The van der Waals surface area contributed by atoms with E-state index in [4.69, 9.17) is 16.9 Å². The van der Waals surface area contributed by atoms with Crippen LogP contribution in [-0.4, -0.2) is 9.91 Å². The van der Waals surface area contributed by atoms with Gasteiger partial charge in [-0.05, 0) is 0 Å². The minimum atomic E-state index is -2.92. The molecule has 0 saturated carbocycles. The van der Waals surface area contributed by atoms with E-state index in [0.717, 1.165) is 0 Å². The van der Waals surface area contributed by atoms with Crippen LogP contribution in [0.1, 0.15) is 23.4 Å². The lowest BCUT2D eigenvalue weighted by atomic mass is 10.1. The third-order valence-corrected chi connectivity index (χ3v) is 2.03. The first kappa shape index (κ1) is 12.3. The van der Waals surface area contributed by atoms with Gasteiger partial charge < -0.3 is 0 Å². The Labute approximate surface area is 93.4 Å². The van der Waals surface area contributed by atoms with Gasteiger partial charge in [0.2, 0.25) is 5.69 Å². The van der Waals surface area contributed by atoms with E-state index in [-0.39, 0.29) is 11.6 Å². The standard InChI is InChI=1S/C8H4ClF2N3O2/c9-2-5-4(8(10)11)1-7(14(15)16)6(3-12)13-5/h1,8H,2H2. The Hall–Kier alpha value is -1.81. The number of hydrogen-bond acceptors (Lipinski definition) is 4. The quantitative estimate of drug-likeness (QED) is 0.467. The van der Waals surface area contributed by atoms with Crippen LogP contribution >= 0.6 is 11.6 Å². The van der Waals surface area contributed by atoms with Gasteiger partial charge in [0.1, 0.15) is 6.07 Å². The van der Waals surface area contributed by atoms with Gasteiger partial charge in [0.25, 0.3) is 6.43 Å². The number of halogens is 3. The van der Waals surface area contributed by atoms with Gasteiger partial charge in [0.15, 0.2) is 0 Å². The van der Waals surface area contributed by atoms with E-state index >= 15 is 0 Å². The van der Waals surface area contributed by atoms with Crippen molar-refractivity contribution < 1.29 is 13.7 Å². The highest BCUT2D eigenvalue weighted by atomic mass is 35.5. The second-order valence-corrected chi connectivity index (χ2v) is 2.96. The first-order valence-electron chi connectivity index (χ1n) is 3.93. The van der Waals surface area contributed by atoms with Crippen molar-refractivity contribution in [1.29, 1.82) is 5.26 Å². The lowest BCUT2D eigenvalue weighted by molar-refractivity contribution is -0.385. The van der Waals surface area contributed by atoms with Crippen LogP contribution < -0.4 is 0 Å². The van der Waals surface area contributed by atoms with E-state index in [1.165, 1.54) is 6.07 Å². The van der Waals surface area contributed by atoms with Crippen molar-refractivity contribution in [2.24, 2.45) is 0 Å². The van der Waals surface area contributed by atoms with E-state index in [9.17, 15) is 18.9 Å². The second kappa shape index (κ2) is 4.81. The number of hydrogen-bond donors (Lipinski definition) is 0. The van der Waals surface area contributed by atoms with Crippen molar-refractivity contribution >= 4 is 17.3 Å². The predicted molar refractivity (Wildman–Crippen MR) is 50.1 cm³/mol. The van der Waals surface area contributed by atoms with Crippen molar-refractivity contribution in [2.75, 3.05) is 0 Å². The highest BCUT2D eigenvalue weighted by Crippen LogP contribution is 2.28. The summed E-state index contributed by atoms with van der Waals surface area (Å²) in [6.07, 6.45) is -2.92. The lowest BCUT2D eigenvalue weighted by Crippen LogP contribution is -2.03. The van der Waals surface area contributed by atoms with Gasteiger partial charge in [-0.3, -0.25) is 10.1 Å². The number of aromatic nitrogens is 1. The van der Waals surface area contributed by atoms with E-state index in [0.29, 0.717) is 6.07 Å². The monoisotopic (exact) mass is 247 g/mol. The summed E-state index contributed by atoms with van der Waals surface area (Å²) in [6, 6.07) is 2.09. The van der Waals surface area contributed by atoms with Crippen molar-refractivity contribution in [1.82, 2.24) is 4.98 Å². The minimum Gasteiger partial charge on any atom is -0.258 e. The molecule has 1 aromatic rings. The van der Waals surface area contributed by atoms with Gasteiger partial charge in [-0.1, -0.05) is 0 Å². The number of nitrogens with zero attached hydrogens (tertiary/aromatic N) is 3. The van der Waals surface area contributed by atoms with Crippen LogP contribution in [0.5, 0.6) is 0 Å². The SMILES string of the molecule is N#Cc1nc(CCl)c(C(F)F)cc1[N+](=O)[O-]. The topological polar surface area (TPSA) is 79.8 Å². The Morgan fingerprint density at radius 1 is 1.69 bits per heavy atom. The van der Waals surface area contributed by atoms with E-state index in [1.54, 1.807) is 0 Å². The number of nitriles is 1. The van der Waals surface area contributed by atoms with Crippen molar-refractivity contribution in [3.8, 4) is 6.07 Å². The summed E-state index contributed by atoms with van der Waals surface area (Å²) in [5.74, 6) is -0.341. The fourth-order valence-corrected chi connectivity index (χ4v) is 1.29. The molecular weight excluding hydrogens is 244 g/mol.